The van der Waals surface area contributed by atoms with Crippen molar-refractivity contribution >= 4 is 39.1 Å². The molecule has 236 valence electrons. The van der Waals surface area contributed by atoms with Gasteiger partial charge in [0.25, 0.3) is 10.0 Å². The number of sulfonamides is 1. The van der Waals surface area contributed by atoms with E-state index in [0.717, 1.165) is 15.4 Å². The number of anilines is 1. The molecule has 7 nitrogen and oxygen atoms in total. The number of carbonyl (C=O) groups is 2. The van der Waals surface area contributed by atoms with Crippen molar-refractivity contribution in [2.75, 3.05) is 10.8 Å². The highest BCUT2D eigenvalue weighted by Gasteiger charge is 2.35. The van der Waals surface area contributed by atoms with Gasteiger partial charge in [0.1, 0.15) is 18.4 Å². The minimum absolute atomic E-state index is 0.00529. The van der Waals surface area contributed by atoms with Crippen molar-refractivity contribution in [1.82, 2.24) is 10.2 Å². The van der Waals surface area contributed by atoms with Crippen molar-refractivity contribution in [3.63, 3.8) is 0 Å². The molecule has 4 aromatic carbocycles. The Morgan fingerprint density at radius 3 is 2.16 bits per heavy atom. The normalized spacial score (nSPS) is 12.1. The lowest BCUT2D eigenvalue weighted by Gasteiger charge is -2.34. The molecule has 0 aliphatic heterocycles. The Kier molecular flexibility index (Phi) is 11.0. The lowest BCUT2D eigenvalue weighted by Crippen LogP contribution is -2.54. The van der Waals surface area contributed by atoms with Crippen LogP contribution in [0.2, 0.25) is 5.02 Å². The molecule has 0 spiro atoms. The average Bonchev–Trinajstić information content (AvgIpc) is 2.99. The second kappa shape index (κ2) is 14.7. The van der Waals surface area contributed by atoms with E-state index in [1.807, 2.05) is 37.3 Å². The summed E-state index contributed by atoms with van der Waals surface area (Å²) in [6.45, 7) is 6.25. The van der Waals surface area contributed by atoms with Gasteiger partial charge < -0.3 is 10.2 Å². The molecular weight excluding hydrogens is 613 g/mol. The Labute approximate surface area is 269 Å². The molecule has 4 rings (SSSR count). The number of halogens is 2. The lowest BCUT2D eigenvalue weighted by molar-refractivity contribution is -0.140. The zero-order valence-corrected chi connectivity index (χ0v) is 27.3. The first-order valence-corrected chi connectivity index (χ1v) is 16.4. The fourth-order valence-corrected chi connectivity index (χ4v) is 6.70. The van der Waals surface area contributed by atoms with E-state index in [0.29, 0.717) is 10.6 Å². The third kappa shape index (κ3) is 8.49. The number of aryl methyl sites for hydroxylation is 2. The summed E-state index contributed by atoms with van der Waals surface area (Å²) < 4.78 is 44.4. The molecule has 0 radical (unpaired) electrons. The molecule has 0 aromatic heterocycles. The molecule has 45 heavy (non-hydrogen) atoms. The minimum Gasteiger partial charge on any atom is -0.352 e. The van der Waals surface area contributed by atoms with Crippen molar-refractivity contribution in [2.45, 2.75) is 57.6 Å². The van der Waals surface area contributed by atoms with Crippen molar-refractivity contribution in [1.29, 1.82) is 0 Å². The second-order valence-electron chi connectivity index (χ2n) is 11.2. The molecule has 0 saturated carbocycles. The molecule has 0 heterocycles. The van der Waals surface area contributed by atoms with Gasteiger partial charge >= 0.3 is 0 Å². The Morgan fingerprint density at radius 2 is 1.53 bits per heavy atom. The molecule has 0 saturated heterocycles. The average molecular weight is 650 g/mol. The molecule has 0 aliphatic carbocycles. The molecule has 4 aromatic rings. The van der Waals surface area contributed by atoms with Crippen molar-refractivity contribution in [2.24, 2.45) is 0 Å². The standard InChI is InChI=1S/C35H37ClFN3O4S/c1-24(2)38-35(42)33(21-27-10-6-5-7-11-27)39(22-28-12-8-9-13-31(28)37)34(41)23-40(32-19-16-29(36)20-26(32)4)45(43,44)30-17-14-25(3)15-18-30/h5-20,24,33H,21-23H2,1-4H3,(H,38,42)/t33-/m1/s1. The van der Waals surface area contributed by atoms with E-state index in [2.05, 4.69) is 5.32 Å². The van der Waals surface area contributed by atoms with E-state index < -0.39 is 40.2 Å². The van der Waals surface area contributed by atoms with Crippen LogP contribution in [-0.4, -0.2) is 43.8 Å². The van der Waals surface area contributed by atoms with Crippen LogP contribution in [0.4, 0.5) is 10.1 Å². The van der Waals surface area contributed by atoms with Crippen LogP contribution >= 0.6 is 11.6 Å². The van der Waals surface area contributed by atoms with Gasteiger partial charge in [-0.2, -0.15) is 0 Å². The SMILES string of the molecule is Cc1ccc(S(=O)(=O)N(CC(=O)N(Cc2ccccc2F)[C@H](Cc2ccccc2)C(=O)NC(C)C)c2ccc(Cl)cc2C)cc1. The summed E-state index contributed by atoms with van der Waals surface area (Å²) in [5.41, 5.74) is 2.63. The van der Waals surface area contributed by atoms with Crippen LogP contribution in [0.3, 0.4) is 0 Å². The van der Waals surface area contributed by atoms with Gasteiger partial charge in [0.05, 0.1) is 10.6 Å². The highest BCUT2D eigenvalue weighted by molar-refractivity contribution is 7.92. The molecule has 1 atom stereocenters. The predicted octanol–water partition coefficient (Wildman–Crippen LogP) is 6.46. The zero-order chi connectivity index (χ0) is 32.7. The van der Waals surface area contributed by atoms with E-state index in [9.17, 15) is 18.0 Å². The van der Waals surface area contributed by atoms with Gasteiger partial charge in [0.2, 0.25) is 11.8 Å². The quantitative estimate of drug-likeness (QED) is 0.191. The maximum atomic E-state index is 15.0. The van der Waals surface area contributed by atoms with E-state index in [1.54, 1.807) is 63.2 Å². The van der Waals surface area contributed by atoms with E-state index in [-0.39, 0.29) is 35.2 Å². The van der Waals surface area contributed by atoms with E-state index >= 15 is 4.39 Å². The number of nitrogens with zero attached hydrogens (tertiary/aromatic N) is 2. The molecule has 2 amide bonds. The highest BCUT2D eigenvalue weighted by atomic mass is 35.5. The monoisotopic (exact) mass is 649 g/mol. The molecule has 0 bridgehead atoms. The van der Waals surface area contributed by atoms with E-state index in [4.69, 9.17) is 11.6 Å². The fourth-order valence-electron chi connectivity index (χ4n) is 4.99. The summed E-state index contributed by atoms with van der Waals surface area (Å²) in [6.07, 6.45) is 0.129. The molecule has 0 unspecified atom stereocenters. The Morgan fingerprint density at radius 1 is 0.889 bits per heavy atom. The minimum atomic E-state index is -4.27. The largest absolute Gasteiger partial charge is 0.352 e. The van der Waals surface area contributed by atoms with Crippen LogP contribution in [0.15, 0.2) is 102 Å². The molecule has 1 N–H and O–H groups in total. The first-order valence-electron chi connectivity index (χ1n) is 14.6. The van der Waals surface area contributed by atoms with Crippen LogP contribution in [0.25, 0.3) is 0 Å². The second-order valence-corrected chi connectivity index (χ2v) is 13.5. The third-order valence-corrected chi connectivity index (χ3v) is 9.32. The van der Waals surface area contributed by atoms with E-state index in [1.165, 1.54) is 29.2 Å². The molecule has 0 aliphatic rings. The van der Waals surface area contributed by atoms with Crippen molar-refractivity contribution < 1.29 is 22.4 Å². The summed E-state index contributed by atoms with van der Waals surface area (Å²) in [4.78, 5) is 29.5. The van der Waals surface area contributed by atoms with Crippen molar-refractivity contribution in [3.8, 4) is 0 Å². The first kappa shape index (κ1) is 33.7. The van der Waals surface area contributed by atoms with Gasteiger partial charge in [-0.15, -0.1) is 0 Å². The third-order valence-electron chi connectivity index (χ3n) is 7.32. The Hall–Kier alpha value is -4.21. The topological polar surface area (TPSA) is 86.8 Å². The van der Waals surface area contributed by atoms with Gasteiger partial charge in [-0.1, -0.05) is 77.8 Å². The highest BCUT2D eigenvalue weighted by Crippen LogP contribution is 2.30. The van der Waals surface area contributed by atoms with Gasteiger partial charge in [-0.25, -0.2) is 12.8 Å². The molecule has 0 fully saturated rings. The van der Waals surface area contributed by atoms with Crippen LogP contribution in [-0.2, 0) is 32.6 Å². The van der Waals surface area contributed by atoms with Crippen LogP contribution < -0.4 is 9.62 Å². The molecular formula is C35H37ClFN3O4S. The van der Waals surface area contributed by atoms with Crippen LogP contribution in [0, 0.1) is 19.7 Å². The first-order chi connectivity index (χ1) is 21.4. The summed E-state index contributed by atoms with van der Waals surface area (Å²) >= 11 is 6.20. The summed E-state index contributed by atoms with van der Waals surface area (Å²) in [5.74, 6) is -1.66. The Bertz CT molecular complexity index is 1750. The lowest BCUT2D eigenvalue weighted by atomic mass is 10.0. The maximum absolute atomic E-state index is 15.0. The van der Waals surface area contributed by atoms with Gasteiger partial charge in [0.15, 0.2) is 0 Å². The van der Waals surface area contributed by atoms with Gasteiger partial charge in [0, 0.05) is 29.6 Å². The number of hydrogen-bond donors (Lipinski definition) is 1. The summed E-state index contributed by atoms with van der Waals surface area (Å²) in [5, 5.41) is 3.29. The number of carbonyl (C=O) groups excluding carboxylic acids is 2. The maximum Gasteiger partial charge on any atom is 0.264 e. The van der Waals surface area contributed by atoms with Crippen LogP contribution in [0.1, 0.15) is 36.1 Å². The zero-order valence-electron chi connectivity index (χ0n) is 25.7. The van der Waals surface area contributed by atoms with Crippen LogP contribution in [0.5, 0.6) is 0 Å². The number of rotatable bonds is 12. The predicted molar refractivity (Wildman–Crippen MR) is 176 cm³/mol. The summed E-state index contributed by atoms with van der Waals surface area (Å²) in [7, 11) is -4.27. The fraction of sp³-hybridized carbons (Fsp3) is 0.257. The number of hydrogen-bond acceptors (Lipinski definition) is 4. The van der Waals surface area contributed by atoms with Gasteiger partial charge in [-0.05, 0) is 75.2 Å². The number of amides is 2. The van der Waals surface area contributed by atoms with Gasteiger partial charge in [-0.3, -0.25) is 13.9 Å². The number of benzene rings is 4. The Balaban J connectivity index is 1.84. The summed E-state index contributed by atoms with van der Waals surface area (Å²) in [6, 6.07) is 24.9. The number of nitrogens with one attached hydrogen (secondary N) is 1. The van der Waals surface area contributed by atoms with Crippen molar-refractivity contribution in [3.05, 3.63) is 130 Å². The molecule has 10 heteroatoms. The smallest absolute Gasteiger partial charge is 0.264 e.